The molecule has 2 aromatic rings. The van der Waals surface area contributed by atoms with E-state index in [1.54, 1.807) is 6.07 Å². The van der Waals surface area contributed by atoms with Gasteiger partial charge in [-0.05, 0) is 43.4 Å². The molecule has 2 aliphatic rings. The summed E-state index contributed by atoms with van der Waals surface area (Å²) in [5.41, 5.74) is 1.09. The number of rotatable bonds is 4. The molecule has 0 radical (unpaired) electrons. The summed E-state index contributed by atoms with van der Waals surface area (Å²) >= 11 is 3.44. The average molecular weight is 390 g/mol. The van der Waals surface area contributed by atoms with Crippen molar-refractivity contribution in [1.29, 1.82) is 0 Å². The lowest BCUT2D eigenvalue weighted by molar-refractivity contribution is -0.118. The fraction of sp³-hybridized carbons (Fsp3) is 0.353. The Morgan fingerprint density at radius 1 is 1.29 bits per heavy atom. The topological polar surface area (TPSA) is 84.2 Å². The van der Waals surface area contributed by atoms with Gasteiger partial charge >= 0.3 is 6.09 Å². The maximum atomic E-state index is 12.8. The largest absolute Gasteiger partial charge is 0.463 e. The zero-order valence-corrected chi connectivity index (χ0v) is 14.4. The third kappa shape index (κ3) is 2.62. The van der Waals surface area contributed by atoms with Crippen molar-refractivity contribution in [1.82, 2.24) is 9.78 Å². The molecule has 0 spiro atoms. The van der Waals surface area contributed by atoms with Gasteiger partial charge in [0.05, 0.1) is 11.1 Å². The minimum atomic E-state index is -1.12. The van der Waals surface area contributed by atoms with Crippen molar-refractivity contribution in [3.05, 3.63) is 46.1 Å². The lowest BCUT2D eigenvalue weighted by Gasteiger charge is -2.15. The number of hydrogen-bond acceptors (Lipinski definition) is 3. The smallest absolute Gasteiger partial charge is 0.432 e. The molecule has 24 heavy (non-hydrogen) atoms. The van der Waals surface area contributed by atoms with E-state index in [4.69, 9.17) is 0 Å². The molecule has 0 atom stereocenters. The highest BCUT2D eigenvalue weighted by Crippen LogP contribution is 2.49. The van der Waals surface area contributed by atoms with E-state index in [1.165, 1.54) is 0 Å². The Labute approximate surface area is 147 Å². The molecule has 0 unspecified atom stereocenters. The van der Waals surface area contributed by atoms with Crippen molar-refractivity contribution in [2.24, 2.45) is 0 Å². The molecule has 0 bridgehead atoms. The summed E-state index contributed by atoms with van der Waals surface area (Å²) in [6.45, 7) is 0. The predicted octanol–water partition coefficient (Wildman–Crippen LogP) is 3.72. The number of nitrogens with one attached hydrogen (secondary N) is 1. The van der Waals surface area contributed by atoms with Crippen LogP contribution >= 0.6 is 15.9 Å². The summed E-state index contributed by atoms with van der Waals surface area (Å²) < 4.78 is 1.91. The van der Waals surface area contributed by atoms with E-state index < -0.39 is 11.5 Å². The van der Waals surface area contributed by atoms with E-state index in [1.807, 2.05) is 24.3 Å². The molecule has 7 heteroatoms. The van der Waals surface area contributed by atoms with E-state index in [-0.39, 0.29) is 11.8 Å². The second-order valence-corrected chi connectivity index (χ2v) is 7.39. The molecule has 6 nitrogen and oxygen atoms in total. The lowest BCUT2D eigenvalue weighted by atomic mass is 9.95. The first-order valence-corrected chi connectivity index (χ1v) is 8.70. The molecule has 1 aromatic carbocycles. The first-order valence-electron chi connectivity index (χ1n) is 7.90. The number of nitrogens with zero attached hydrogens (tertiary/aromatic N) is 2. The van der Waals surface area contributed by atoms with Gasteiger partial charge in [-0.15, -0.1) is 5.10 Å². The van der Waals surface area contributed by atoms with Crippen molar-refractivity contribution >= 4 is 33.7 Å². The average Bonchev–Trinajstić information content (AvgIpc) is 3.45. The molecule has 0 aliphatic heterocycles. The Morgan fingerprint density at radius 2 is 2.04 bits per heavy atom. The molecule has 2 fully saturated rings. The monoisotopic (exact) mass is 389 g/mol. The highest BCUT2D eigenvalue weighted by molar-refractivity contribution is 9.10. The lowest BCUT2D eigenvalue weighted by Crippen LogP contribution is -2.28. The Hall–Kier alpha value is -2.15. The number of carbonyl (C=O) groups is 2. The molecule has 1 amide bonds. The van der Waals surface area contributed by atoms with Crippen LogP contribution in [0.3, 0.4) is 0 Å². The van der Waals surface area contributed by atoms with Crippen LogP contribution in [0.4, 0.5) is 10.6 Å². The molecular formula is C17H16BrN3O3. The number of hydrogen-bond donors (Lipinski definition) is 2. The van der Waals surface area contributed by atoms with E-state index in [9.17, 15) is 14.7 Å². The van der Waals surface area contributed by atoms with Gasteiger partial charge in [0, 0.05) is 16.5 Å². The molecule has 4 rings (SSSR count). The summed E-state index contributed by atoms with van der Waals surface area (Å²) in [7, 11) is 0. The Bertz CT molecular complexity index is 837. The van der Waals surface area contributed by atoms with Crippen LogP contribution in [0.25, 0.3) is 0 Å². The van der Waals surface area contributed by atoms with Crippen molar-refractivity contribution < 1.29 is 14.7 Å². The van der Waals surface area contributed by atoms with Crippen LogP contribution in [0.15, 0.2) is 34.8 Å². The second kappa shape index (κ2) is 5.44. The minimum absolute atomic E-state index is 0.127. The SMILES string of the molecule is O=C(O)n1nc(NC(=O)C2(c3cccc(Br)c3)CC2)cc1C1CC1. The number of carbonyl (C=O) groups excluding carboxylic acids is 1. The highest BCUT2D eigenvalue weighted by Gasteiger charge is 2.51. The normalized spacial score (nSPS) is 18.2. The van der Waals surface area contributed by atoms with Gasteiger partial charge in [0.25, 0.3) is 0 Å². The second-order valence-electron chi connectivity index (χ2n) is 6.47. The number of halogens is 1. The van der Waals surface area contributed by atoms with Gasteiger partial charge in [0.1, 0.15) is 0 Å². The fourth-order valence-corrected chi connectivity index (χ4v) is 3.47. The zero-order valence-electron chi connectivity index (χ0n) is 12.8. The number of anilines is 1. The molecule has 2 aliphatic carbocycles. The van der Waals surface area contributed by atoms with Gasteiger partial charge in [-0.25, -0.2) is 4.79 Å². The molecule has 124 valence electrons. The molecule has 2 saturated carbocycles. The van der Waals surface area contributed by atoms with Crippen LogP contribution in [0, 0.1) is 0 Å². The van der Waals surface area contributed by atoms with Crippen LogP contribution in [0.5, 0.6) is 0 Å². The van der Waals surface area contributed by atoms with Crippen LogP contribution in [-0.4, -0.2) is 26.9 Å². The van der Waals surface area contributed by atoms with Crippen LogP contribution < -0.4 is 5.32 Å². The number of benzene rings is 1. The first-order chi connectivity index (χ1) is 11.5. The molecule has 1 heterocycles. The number of amides is 1. The van der Waals surface area contributed by atoms with Crippen molar-refractivity contribution in [3.63, 3.8) is 0 Å². The minimum Gasteiger partial charge on any atom is -0.463 e. The van der Waals surface area contributed by atoms with Gasteiger partial charge in [0.2, 0.25) is 5.91 Å². The molecular weight excluding hydrogens is 374 g/mol. The number of aromatic nitrogens is 2. The van der Waals surface area contributed by atoms with Gasteiger partial charge in [-0.1, -0.05) is 28.1 Å². The maximum Gasteiger partial charge on any atom is 0.432 e. The van der Waals surface area contributed by atoms with Crippen molar-refractivity contribution in [3.8, 4) is 0 Å². The van der Waals surface area contributed by atoms with Crippen LogP contribution in [0.1, 0.15) is 42.9 Å². The predicted molar refractivity (Wildman–Crippen MR) is 91.3 cm³/mol. The van der Waals surface area contributed by atoms with Gasteiger partial charge in [0.15, 0.2) is 5.82 Å². The molecule has 0 saturated heterocycles. The van der Waals surface area contributed by atoms with Gasteiger partial charge in [-0.2, -0.15) is 4.68 Å². The van der Waals surface area contributed by atoms with Crippen molar-refractivity contribution in [2.45, 2.75) is 37.0 Å². The standard InChI is InChI=1S/C17H16BrN3O3/c18-12-3-1-2-11(8-12)17(6-7-17)15(22)19-14-9-13(10-4-5-10)21(20-14)16(23)24/h1-3,8-10H,4-7H2,(H,23,24)(H,19,20,22). The fourth-order valence-electron chi connectivity index (χ4n) is 3.07. The van der Waals surface area contributed by atoms with Crippen molar-refractivity contribution in [2.75, 3.05) is 5.32 Å². The summed E-state index contributed by atoms with van der Waals surface area (Å²) in [6.07, 6.45) is 2.38. The Morgan fingerprint density at radius 3 is 2.62 bits per heavy atom. The van der Waals surface area contributed by atoms with Gasteiger partial charge < -0.3 is 10.4 Å². The van der Waals surface area contributed by atoms with E-state index in [0.717, 1.165) is 40.4 Å². The quantitative estimate of drug-likeness (QED) is 0.834. The maximum absolute atomic E-state index is 12.8. The van der Waals surface area contributed by atoms with E-state index in [0.29, 0.717) is 11.5 Å². The first kappa shape index (κ1) is 15.4. The highest BCUT2D eigenvalue weighted by atomic mass is 79.9. The van der Waals surface area contributed by atoms with Crippen LogP contribution in [-0.2, 0) is 10.2 Å². The van der Waals surface area contributed by atoms with Crippen LogP contribution in [0.2, 0.25) is 0 Å². The van der Waals surface area contributed by atoms with E-state index >= 15 is 0 Å². The Kier molecular flexibility index (Phi) is 3.49. The molecule has 2 N–H and O–H groups in total. The Balaban J connectivity index is 1.58. The summed E-state index contributed by atoms with van der Waals surface area (Å²) in [6, 6.07) is 9.42. The zero-order chi connectivity index (χ0) is 16.9. The molecule has 1 aromatic heterocycles. The third-order valence-corrected chi connectivity index (χ3v) is 5.21. The summed E-state index contributed by atoms with van der Waals surface area (Å²) in [5.74, 6) is 0.419. The summed E-state index contributed by atoms with van der Waals surface area (Å²) in [4.78, 5) is 24.1. The number of carboxylic acid groups (broad SMARTS) is 1. The third-order valence-electron chi connectivity index (χ3n) is 4.72. The van der Waals surface area contributed by atoms with Gasteiger partial charge in [-0.3, -0.25) is 4.79 Å². The van der Waals surface area contributed by atoms with E-state index in [2.05, 4.69) is 26.3 Å². The summed E-state index contributed by atoms with van der Waals surface area (Å²) in [5, 5.41) is 16.1.